The van der Waals surface area contributed by atoms with Gasteiger partial charge in [0.2, 0.25) is 59.1 Å². The van der Waals surface area contributed by atoms with Gasteiger partial charge >= 0.3 is 0 Å². The van der Waals surface area contributed by atoms with Crippen molar-refractivity contribution in [2.24, 2.45) is 24.4 Å². The van der Waals surface area contributed by atoms with E-state index in [-0.39, 0.29) is 126 Å². The molecule has 562 valence electrons. The molecule has 4 aromatic carbocycles. The Morgan fingerprint density at radius 1 is 0.642 bits per heavy atom. The highest BCUT2D eigenvalue weighted by atomic mass is 19.1. The number of anilines is 1. The van der Waals surface area contributed by atoms with E-state index in [2.05, 4.69) is 63.5 Å². The van der Waals surface area contributed by atoms with Crippen LogP contribution in [0.4, 0.5) is 10.1 Å². The van der Waals surface area contributed by atoms with Crippen LogP contribution < -0.4 is 64.6 Å². The van der Waals surface area contributed by atoms with Gasteiger partial charge in [0.15, 0.2) is 6.04 Å². The van der Waals surface area contributed by atoms with Crippen LogP contribution in [0.3, 0.4) is 0 Å². The SMILES string of the molecule is CC(C)CC1NC(=O)[C@@H](C(=O)NCCOCCOCCC(=O)NCC(=O)Nc2cccc3c2C(=O)N(C2CCC(=O)NC2=O)C3=O)NC(=O)[C@@H](N)Cc2cn(nn2)CCCC[C@@H](C(N)=O)NC(=O)[C@@H](Cc2ccc(F)cc2)NC(=O)[C@@H](Cc2cn(C)c3ccccc23)NC(=O)[C@@H](Cc2ccccc2)NC1=O. The molecule has 0 radical (unpaired) electrons. The van der Waals surface area contributed by atoms with Crippen LogP contribution in [0.1, 0.15) is 102 Å². The Labute approximate surface area is 607 Å². The Kier molecular flexibility index (Phi) is 27.5. The van der Waals surface area contributed by atoms with Crippen LogP contribution >= 0.6 is 0 Å². The maximum Gasteiger partial charge on any atom is 0.264 e. The number of halogens is 1. The second-order valence-electron chi connectivity index (χ2n) is 26.3. The fourth-order valence-electron chi connectivity index (χ4n) is 12.4. The van der Waals surface area contributed by atoms with Crippen molar-refractivity contribution < 1.29 is 81.0 Å². The summed E-state index contributed by atoms with van der Waals surface area (Å²) in [4.78, 5) is 193. The Morgan fingerprint density at radius 2 is 1.28 bits per heavy atom. The fourth-order valence-corrected chi connectivity index (χ4v) is 12.4. The summed E-state index contributed by atoms with van der Waals surface area (Å²) in [5, 5.41) is 34.7. The lowest BCUT2D eigenvalue weighted by Crippen LogP contribution is -2.62. The van der Waals surface area contributed by atoms with Crippen molar-refractivity contribution in [2.75, 3.05) is 44.8 Å². The minimum atomic E-state index is -2.04. The molecule has 1 fully saturated rings. The number of hydrogen-bond donors (Lipinski definition) is 12. The minimum absolute atomic E-state index is 0.0264. The summed E-state index contributed by atoms with van der Waals surface area (Å²) < 4.78 is 28.7. The number of rotatable bonds is 23. The van der Waals surface area contributed by atoms with E-state index in [1.54, 1.807) is 63.5 Å². The molecule has 6 aromatic rings. The number of para-hydroxylation sites is 1. The van der Waals surface area contributed by atoms with Crippen molar-refractivity contribution >= 4 is 99.3 Å². The molecule has 5 heterocycles. The molecule has 1 saturated heterocycles. The monoisotopic (exact) mass is 1460 g/mol. The lowest BCUT2D eigenvalue weighted by Gasteiger charge is -2.28. The zero-order valence-electron chi connectivity index (χ0n) is 58.6. The van der Waals surface area contributed by atoms with Crippen molar-refractivity contribution in [3.8, 4) is 0 Å². The number of amides is 14. The van der Waals surface area contributed by atoms with Crippen LogP contribution in [0.15, 0.2) is 109 Å². The Balaban J connectivity index is 0.863. The third kappa shape index (κ3) is 21.5. The number of aryl methyl sites for hydroxylation is 2. The summed E-state index contributed by atoms with van der Waals surface area (Å²) in [6, 6.07) is 13.5. The van der Waals surface area contributed by atoms with Crippen molar-refractivity contribution in [1.29, 1.82) is 0 Å². The lowest BCUT2D eigenvalue weighted by atomic mass is 9.99. The van der Waals surface area contributed by atoms with Gasteiger partial charge in [-0.15, -0.1) is 5.10 Å². The molecule has 9 rings (SSSR count). The number of ether oxygens (including phenoxy) is 2. The van der Waals surface area contributed by atoms with E-state index < -0.39 is 143 Å². The topological polar surface area (TPSA) is 469 Å². The van der Waals surface area contributed by atoms with Gasteiger partial charge in [-0.2, -0.15) is 0 Å². The lowest BCUT2D eigenvalue weighted by molar-refractivity contribution is -0.139. The van der Waals surface area contributed by atoms with E-state index in [9.17, 15) is 61.9 Å². The Morgan fingerprint density at radius 3 is 1.97 bits per heavy atom. The van der Waals surface area contributed by atoms with E-state index in [1.807, 2.05) is 22.8 Å². The number of piperidine rings is 1. The molecule has 34 heteroatoms. The molecule has 0 aliphatic carbocycles. The quantitative estimate of drug-likeness (QED) is 0.0204. The van der Waals surface area contributed by atoms with E-state index in [0.29, 0.717) is 29.5 Å². The summed E-state index contributed by atoms with van der Waals surface area (Å²) in [5.74, 6) is -12.6. The fraction of sp³-hybridized carbons (Fsp3) is 0.417. The van der Waals surface area contributed by atoms with Crippen LogP contribution in [0.5, 0.6) is 0 Å². The van der Waals surface area contributed by atoms with Crippen LogP contribution in [-0.2, 0) is 106 Å². The molecule has 0 spiro atoms. The van der Waals surface area contributed by atoms with Gasteiger partial charge in [-0.05, 0) is 85.0 Å². The smallest absolute Gasteiger partial charge is 0.264 e. The second kappa shape index (κ2) is 37.2. The van der Waals surface area contributed by atoms with Crippen molar-refractivity contribution in [3.63, 3.8) is 0 Å². The van der Waals surface area contributed by atoms with Gasteiger partial charge in [-0.25, -0.2) is 4.39 Å². The molecular weight excluding hydrogens is 1380 g/mol. The number of benzene rings is 4. The van der Waals surface area contributed by atoms with E-state index in [0.717, 1.165) is 15.8 Å². The molecule has 14 amide bonds. The number of nitrogens with two attached hydrogens (primary N) is 2. The van der Waals surface area contributed by atoms with Gasteiger partial charge in [0.05, 0.1) is 61.5 Å². The highest BCUT2D eigenvalue weighted by Crippen LogP contribution is 2.33. The average Bonchev–Trinajstić information content (AvgIpc) is 1.60. The first-order valence-electron chi connectivity index (χ1n) is 34.7. The summed E-state index contributed by atoms with van der Waals surface area (Å²) in [6.07, 6.45) is 2.84. The standard InChI is InChI=1S/C72H86FN17O16/c1-40(2)32-51-64(96)80-52(33-41-12-5-4-6-13-41)66(98)82-54(35-43-38-88(3)55-18-8-7-14-46(43)55)67(99)81-53(34-42-19-21-44(73)22-20-42)65(97)79-50(62(75)94)16-9-10-27-89-39-45(86-87-89)36-48(74)63(95)85-61(70(102)83-51)69(101)76-26-29-106-31-30-105-28-25-57(91)77-37-59(93)78-49-17-11-15-47-60(49)72(104)90(71(47)103)56-23-24-58(92)84-68(56)100/h4-8,11-15,17-22,38-40,48,50-54,56,61H,9-10,16,23-37,74H2,1-3H3,(H2,75,94)(H,76,101)(H,77,91)(H,78,93)(H,79,97)(H,80,96)(H,81,99)(H,82,98)(H,83,102)(H,85,95)(H,84,92,100)/t48-,50-,51?,52+,53+,54+,56?,61+/m0/s1. The van der Waals surface area contributed by atoms with Gasteiger partial charge < -0.3 is 73.4 Å². The maximum atomic E-state index is 15.1. The first-order chi connectivity index (χ1) is 50.8. The zero-order chi connectivity index (χ0) is 76.1. The molecule has 2 bridgehead atoms. The molecule has 2 unspecified atom stereocenters. The van der Waals surface area contributed by atoms with E-state index in [4.69, 9.17) is 20.9 Å². The summed E-state index contributed by atoms with van der Waals surface area (Å²) in [7, 11) is 1.81. The van der Waals surface area contributed by atoms with Gasteiger partial charge in [0, 0.05) is 82.0 Å². The van der Waals surface area contributed by atoms with Crippen LogP contribution in [0.2, 0.25) is 0 Å². The summed E-state index contributed by atoms with van der Waals surface area (Å²) in [6.45, 7) is 2.62. The van der Waals surface area contributed by atoms with Gasteiger partial charge in [-0.1, -0.05) is 85.8 Å². The van der Waals surface area contributed by atoms with Gasteiger partial charge in [0.1, 0.15) is 42.1 Å². The number of hydrogen-bond acceptors (Lipinski definition) is 19. The number of aromatic nitrogens is 4. The molecule has 2 aromatic heterocycles. The molecular formula is C72H86FN17O16. The predicted molar refractivity (Wildman–Crippen MR) is 377 cm³/mol. The molecule has 33 nitrogen and oxygen atoms in total. The van der Waals surface area contributed by atoms with Crippen molar-refractivity contribution in [2.45, 2.75) is 139 Å². The van der Waals surface area contributed by atoms with Crippen LogP contribution in [-0.4, -0.2) is 195 Å². The molecule has 3 aliphatic rings. The molecule has 3 aliphatic heterocycles. The van der Waals surface area contributed by atoms with Crippen molar-refractivity contribution in [1.82, 2.24) is 72.3 Å². The summed E-state index contributed by atoms with van der Waals surface area (Å²) >= 11 is 0. The average molecular weight is 1460 g/mol. The highest BCUT2D eigenvalue weighted by Gasteiger charge is 2.46. The molecule has 8 atom stereocenters. The number of nitrogens with zero attached hydrogens (tertiary/aromatic N) is 5. The number of nitrogens with one attached hydrogen (secondary N) is 10. The van der Waals surface area contributed by atoms with E-state index >= 15 is 9.59 Å². The number of primary amides is 1. The van der Waals surface area contributed by atoms with Gasteiger partial charge in [-0.3, -0.25) is 82.0 Å². The number of carbonyl (C=O) groups excluding carboxylic acids is 14. The normalized spacial score (nSPS) is 21.1. The molecule has 14 N–H and O–H groups in total. The highest BCUT2D eigenvalue weighted by molar-refractivity contribution is 6.26. The number of carbonyl (C=O) groups is 14. The summed E-state index contributed by atoms with van der Waals surface area (Å²) in [5.41, 5.74) is 14.7. The number of fused-ring (bicyclic) bond motifs is 4. The Bertz CT molecular complexity index is 4260. The number of imide groups is 2. The first-order valence-corrected chi connectivity index (χ1v) is 34.7. The van der Waals surface area contributed by atoms with Crippen molar-refractivity contribution in [3.05, 3.63) is 149 Å². The molecule has 0 saturated carbocycles. The van der Waals surface area contributed by atoms with Gasteiger partial charge in [0.25, 0.3) is 23.6 Å². The largest absolute Gasteiger partial charge is 0.379 e. The first kappa shape index (κ1) is 78.5. The Hall–Kier alpha value is -11.7. The van der Waals surface area contributed by atoms with Crippen LogP contribution in [0, 0.1) is 11.7 Å². The second-order valence-corrected chi connectivity index (χ2v) is 26.3. The maximum absolute atomic E-state index is 15.1. The minimum Gasteiger partial charge on any atom is -0.379 e. The third-order valence-electron chi connectivity index (χ3n) is 17.8. The third-order valence-corrected chi connectivity index (χ3v) is 17.8. The van der Waals surface area contributed by atoms with Crippen LogP contribution in [0.25, 0.3) is 10.9 Å². The predicted octanol–water partition coefficient (Wildman–Crippen LogP) is -1.17. The zero-order valence-corrected chi connectivity index (χ0v) is 58.6. The van der Waals surface area contributed by atoms with E-state index in [1.165, 1.54) is 53.3 Å². The molecule has 106 heavy (non-hydrogen) atoms.